The van der Waals surface area contributed by atoms with E-state index >= 15 is 0 Å². The fourth-order valence-corrected chi connectivity index (χ4v) is 2.21. The molecule has 3 N–H and O–H groups in total. The summed E-state index contributed by atoms with van der Waals surface area (Å²) >= 11 is 5.93. The van der Waals surface area contributed by atoms with E-state index in [1.165, 1.54) is 12.8 Å². The van der Waals surface area contributed by atoms with Gasteiger partial charge in [-0.2, -0.15) is 0 Å². The average Bonchev–Trinajstić information content (AvgIpc) is 2.99. The summed E-state index contributed by atoms with van der Waals surface area (Å²) in [6, 6.07) is 1.74. The van der Waals surface area contributed by atoms with Crippen LogP contribution in [0.25, 0.3) is 0 Å². The molecule has 0 aliphatic heterocycles. The normalized spacial score (nSPS) is 19.1. The van der Waals surface area contributed by atoms with Gasteiger partial charge in [0.15, 0.2) is 0 Å². The molecule has 1 aliphatic carbocycles. The number of hydrogen-bond donors (Lipinski definition) is 2. The number of aromatic nitrogens is 1. The summed E-state index contributed by atoms with van der Waals surface area (Å²) in [6.07, 6.45) is 3.88. The minimum absolute atomic E-state index is 0.328. The molecule has 2 rings (SSSR count). The number of nitrogens with zero attached hydrogens (tertiary/aromatic N) is 1. The number of aliphatic hydroxyl groups is 1. The first-order valence-corrected chi connectivity index (χ1v) is 6.40. The molecule has 1 aromatic heterocycles. The summed E-state index contributed by atoms with van der Waals surface area (Å²) in [5, 5.41) is 10.6. The average molecular weight is 255 g/mol. The van der Waals surface area contributed by atoms with Crippen molar-refractivity contribution in [3.63, 3.8) is 0 Å². The maximum Gasteiger partial charge on any atom is 0.142 e. The molecule has 0 radical (unpaired) electrons. The van der Waals surface area contributed by atoms with Crippen LogP contribution in [0.5, 0.6) is 0 Å². The Balaban J connectivity index is 2.07. The predicted octanol–water partition coefficient (Wildman–Crippen LogP) is 3.24. The first-order valence-electron chi connectivity index (χ1n) is 6.02. The monoisotopic (exact) mass is 254 g/mol. The summed E-state index contributed by atoms with van der Waals surface area (Å²) in [6.45, 7) is 4.12. The van der Waals surface area contributed by atoms with E-state index < -0.39 is 6.10 Å². The third-order valence-corrected chi connectivity index (χ3v) is 4.02. The number of nitrogens with two attached hydrogens (primary N) is 1. The van der Waals surface area contributed by atoms with Crippen molar-refractivity contribution >= 4 is 17.4 Å². The Morgan fingerprint density at radius 3 is 2.82 bits per heavy atom. The first-order chi connectivity index (χ1) is 7.91. The van der Waals surface area contributed by atoms with Crippen molar-refractivity contribution in [2.45, 2.75) is 45.6 Å². The minimum atomic E-state index is -0.488. The van der Waals surface area contributed by atoms with Gasteiger partial charge < -0.3 is 10.8 Å². The molecule has 0 saturated heterocycles. The van der Waals surface area contributed by atoms with Crippen molar-refractivity contribution in [3.05, 3.63) is 22.3 Å². The van der Waals surface area contributed by atoms with Crippen molar-refractivity contribution in [1.29, 1.82) is 0 Å². The highest BCUT2D eigenvalue weighted by Crippen LogP contribution is 2.50. The van der Waals surface area contributed by atoms with E-state index in [0.717, 1.165) is 24.1 Å². The number of hydrogen-bond acceptors (Lipinski definition) is 3. The second kappa shape index (κ2) is 4.46. The van der Waals surface area contributed by atoms with E-state index in [9.17, 15) is 5.11 Å². The number of pyridine rings is 1. The lowest BCUT2D eigenvalue weighted by Crippen LogP contribution is -2.06. The van der Waals surface area contributed by atoms with Gasteiger partial charge in [-0.1, -0.05) is 18.5 Å². The first kappa shape index (κ1) is 12.7. The Morgan fingerprint density at radius 2 is 2.24 bits per heavy atom. The van der Waals surface area contributed by atoms with Crippen LogP contribution in [0.15, 0.2) is 6.07 Å². The van der Waals surface area contributed by atoms with Crippen LogP contribution in [0, 0.1) is 12.3 Å². The molecule has 1 aliphatic rings. The topological polar surface area (TPSA) is 59.1 Å². The van der Waals surface area contributed by atoms with Crippen molar-refractivity contribution in [3.8, 4) is 0 Å². The fraction of sp³-hybridized carbons (Fsp3) is 0.615. The van der Waals surface area contributed by atoms with Gasteiger partial charge in [-0.15, -0.1) is 0 Å². The summed E-state index contributed by atoms with van der Waals surface area (Å²) in [4.78, 5) is 4.14. The lowest BCUT2D eigenvalue weighted by atomic mass is 9.96. The molecule has 1 aromatic rings. The Bertz CT molecular complexity index is 430. The lowest BCUT2D eigenvalue weighted by Gasteiger charge is -2.16. The molecular formula is C13H19ClN2O. The van der Waals surface area contributed by atoms with E-state index in [2.05, 4.69) is 11.9 Å². The number of halogens is 1. The van der Waals surface area contributed by atoms with Crippen LogP contribution in [0.4, 0.5) is 5.82 Å². The number of anilines is 1. The van der Waals surface area contributed by atoms with E-state index in [1.54, 1.807) is 6.07 Å². The van der Waals surface area contributed by atoms with Gasteiger partial charge in [0.05, 0.1) is 11.1 Å². The Morgan fingerprint density at radius 1 is 1.59 bits per heavy atom. The number of nitrogen functional groups attached to an aromatic ring is 1. The predicted molar refractivity (Wildman–Crippen MR) is 69.9 cm³/mol. The molecule has 1 saturated carbocycles. The number of aliphatic hydroxyl groups excluding tert-OH is 1. The zero-order chi connectivity index (χ0) is 12.6. The van der Waals surface area contributed by atoms with Crippen molar-refractivity contribution in [2.24, 2.45) is 5.41 Å². The van der Waals surface area contributed by atoms with Crippen LogP contribution in [-0.4, -0.2) is 10.1 Å². The molecule has 94 valence electrons. The molecule has 0 unspecified atom stereocenters. The van der Waals surface area contributed by atoms with Crippen LogP contribution in [-0.2, 0) is 0 Å². The molecule has 0 amide bonds. The SMILES string of the molecule is Cc1nc(N)c(Cl)cc1[C@@H](O)CCC1(C)CC1. The molecule has 1 fully saturated rings. The second-order valence-corrected chi connectivity index (χ2v) is 5.80. The number of rotatable bonds is 4. The van der Waals surface area contributed by atoms with Crippen LogP contribution in [0.1, 0.15) is 50.0 Å². The molecule has 0 spiro atoms. The molecular weight excluding hydrogens is 236 g/mol. The van der Waals surface area contributed by atoms with Crippen LogP contribution >= 0.6 is 11.6 Å². The van der Waals surface area contributed by atoms with Crippen molar-refractivity contribution in [1.82, 2.24) is 4.98 Å². The van der Waals surface area contributed by atoms with Gasteiger partial charge in [-0.3, -0.25) is 0 Å². The minimum Gasteiger partial charge on any atom is -0.388 e. The van der Waals surface area contributed by atoms with E-state index in [0.29, 0.717) is 16.3 Å². The van der Waals surface area contributed by atoms with Gasteiger partial charge in [0.25, 0.3) is 0 Å². The standard InChI is InChI=1S/C13H19ClN2O/c1-8-9(7-10(14)12(15)16-8)11(17)3-4-13(2)5-6-13/h7,11,17H,3-6H2,1-2H3,(H2,15,16)/t11-/m0/s1. The Labute approximate surface area is 107 Å². The van der Waals surface area contributed by atoms with Gasteiger partial charge in [0.2, 0.25) is 0 Å². The highest BCUT2D eigenvalue weighted by atomic mass is 35.5. The summed E-state index contributed by atoms with van der Waals surface area (Å²) in [7, 11) is 0. The molecule has 0 aromatic carbocycles. The molecule has 3 nitrogen and oxygen atoms in total. The summed E-state index contributed by atoms with van der Waals surface area (Å²) in [5.41, 5.74) is 7.64. The summed E-state index contributed by atoms with van der Waals surface area (Å²) < 4.78 is 0. The second-order valence-electron chi connectivity index (χ2n) is 5.40. The quantitative estimate of drug-likeness (QED) is 0.867. The van der Waals surface area contributed by atoms with Gasteiger partial charge in [0, 0.05) is 11.3 Å². The van der Waals surface area contributed by atoms with Crippen LogP contribution in [0.3, 0.4) is 0 Å². The van der Waals surface area contributed by atoms with Gasteiger partial charge >= 0.3 is 0 Å². The molecule has 1 atom stereocenters. The summed E-state index contributed by atoms with van der Waals surface area (Å²) in [5.74, 6) is 0.328. The fourth-order valence-electron chi connectivity index (χ4n) is 2.05. The van der Waals surface area contributed by atoms with E-state index in [1.807, 2.05) is 6.92 Å². The Hall–Kier alpha value is -0.800. The van der Waals surface area contributed by atoms with Crippen molar-refractivity contribution < 1.29 is 5.11 Å². The largest absolute Gasteiger partial charge is 0.388 e. The highest BCUT2D eigenvalue weighted by molar-refractivity contribution is 6.32. The third kappa shape index (κ3) is 2.90. The van der Waals surface area contributed by atoms with Crippen molar-refractivity contribution in [2.75, 3.05) is 5.73 Å². The maximum absolute atomic E-state index is 10.2. The zero-order valence-electron chi connectivity index (χ0n) is 10.3. The zero-order valence-corrected chi connectivity index (χ0v) is 11.1. The number of aryl methyl sites for hydroxylation is 1. The smallest absolute Gasteiger partial charge is 0.142 e. The van der Waals surface area contributed by atoms with Gasteiger partial charge in [-0.25, -0.2) is 4.98 Å². The highest BCUT2D eigenvalue weighted by Gasteiger charge is 2.37. The van der Waals surface area contributed by atoms with E-state index in [4.69, 9.17) is 17.3 Å². The lowest BCUT2D eigenvalue weighted by molar-refractivity contribution is 0.155. The third-order valence-electron chi connectivity index (χ3n) is 3.72. The molecule has 17 heavy (non-hydrogen) atoms. The van der Waals surface area contributed by atoms with Crippen LogP contribution < -0.4 is 5.73 Å². The molecule has 0 bridgehead atoms. The molecule has 1 heterocycles. The molecule has 4 heteroatoms. The van der Waals surface area contributed by atoms with Crippen LogP contribution in [0.2, 0.25) is 5.02 Å². The van der Waals surface area contributed by atoms with E-state index in [-0.39, 0.29) is 0 Å². The van der Waals surface area contributed by atoms with Gasteiger partial charge in [0.1, 0.15) is 5.82 Å². The van der Waals surface area contributed by atoms with Gasteiger partial charge in [-0.05, 0) is 44.1 Å². The maximum atomic E-state index is 10.2. The Kier molecular flexibility index (Phi) is 3.32.